The van der Waals surface area contributed by atoms with Crippen LogP contribution in [0, 0.1) is 12.3 Å². The Kier molecular flexibility index (Phi) is 8.13. The largest absolute Gasteiger partial charge is 0.353 e. The summed E-state index contributed by atoms with van der Waals surface area (Å²) in [5.74, 6) is 2.71. The molecule has 0 aromatic carbocycles. The van der Waals surface area contributed by atoms with Crippen molar-refractivity contribution in [3.05, 3.63) is 0 Å². The SMILES string of the molecule is C#CCC[C@H](CCCCC)O[C@H]1CCCCO1. The van der Waals surface area contributed by atoms with Crippen LogP contribution in [0.4, 0.5) is 0 Å². The molecule has 0 aromatic heterocycles. The highest BCUT2D eigenvalue weighted by molar-refractivity contribution is 4.84. The van der Waals surface area contributed by atoms with E-state index in [2.05, 4.69) is 12.8 Å². The van der Waals surface area contributed by atoms with E-state index in [-0.39, 0.29) is 6.29 Å². The Morgan fingerprint density at radius 3 is 2.88 bits per heavy atom. The highest BCUT2D eigenvalue weighted by atomic mass is 16.7. The van der Waals surface area contributed by atoms with Crippen LogP contribution < -0.4 is 0 Å². The number of hydrogen-bond acceptors (Lipinski definition) is 2. The van der Waals surface area contributed by atoms with E-state index in [0.29, 0.717) is 6.10 Å². The maximum absolute atomic E-state index is 6.02. The van der Waals surface area contributed by atoms with Crippen molar-refractivity contribution >= 4 is 0 Å². The Morgan fingerprint density at radius 2 is 2.24 bits per heavy atom. The second kappa shape index (κ2) is 9.50. The Hall–Kier alpha value is -0.520. The maximum Gasteiger partial charge on any atom is 0.157 e. The van der Waals surface area contributed by atoms with Gasteiger partial charge in [0.1, 0.15) is 0 Å². The van der Waals surface area contributed by atoms with E-state index < -0.39 is 0 Å². The van der Waals surface area contributed by atoms with Gasteiger partial charge in [0.15, 0.2) is 6.29 Å². The zero-order chi connectivity index (χ0) is 12.3. The number of hydrogen-bond donors (Lipinski definition) is 0. The fraction of sp³-hybridized carbons (Fsp3) is 0.867. The van der Waals surface area contributed by atoms with E-state index in [1.165, 1.54) is 32.1 Å². The predicted molar refractivity (Wildman–Crippen MR) is 70.7 cm³/mol. The molecule has 0 radical (unpaired) electrons. The van der Waals surface area contributed by atoms with Crippen LogP contribution in [-0.4, -0.2) is 19.0 Å². The van der Waals surface area contributed by atoms with Crippen LogP contribution >= 0.6 is 0 Å². The van der Waals surface area contributed by atoms with Gasteiger partial charge in [-0.05, 0) is 32.1 Å². The van der Waals surface area contributed by atoms with Gasteiger partial charge in [-0.2, -0.15) is 0 Å². The smallest absolute Gasteiger partial charge is 0.157 e. The monoisotopic (exact) mass is 238 g/mol. The van der Waals surface area contributed by atoms with Gasteiger partial charge in [0.25, 0.3) is 0 Å². The molecular formula is C15H26O2. The normalized spacial score (nSPS) is 22.0. The number of rotatable bonds is 8. The molecule has 0 bridgehead atoms. The third-order valence-electron chi connectivity index (χ3n) is 3.22. The maximum atomic E-state index is 6.02. The topological polar surface area (TPSA) is 18.5 Å². The minimum Gasteiger partial charge on any atom is -0.353 e. The lowest BCUT2D eigenvalue weighted by Crippen LogP contribution is -2.28. The van der Waals surface area contributed by atoms with Crippen LogP contribution in [-0.2, 0) is 9.47 Å². The Labute approximate surface area is 106 Å². The third kappa shape index (κ3) is 6.71. The average molecular weight is 238 g/mol. The van der Waals surface area contributed by atoms with Crippen molar-refractivity contribution in [3.8, 4) is 12.3 Å². The molecule has 0 N–H and O–H groups in total. The minimum atomic E-state index is 0.0214. The second-order valence-corrected chi connectivity index (χ2v) is 4.79. The molecule has 0 spiro atoms. The molecule has 1 heterocycles. The fourth-order valence-electron chi connectivity index (χ4n) is 2.18. The zero-order valence-electron chi connectivity index (χ0n) is 11.1. The van der Waals surface area contributed by atoms with Gasteiger partial charge in [0.05, 0.1) is 6.10 Å². The summed E-state index contributed by atoms with van der Waals surface area (Å²) in [4.78, 5) is 0. The second-order valence-electron chi connectivity index (χ2n) is 4.79. The van der Waals surface area contributed by atoms with E-state index in [1.807, 2.05) is 0 Å². The minimum absolute atomic E-state index is 0.0214. The molecular weight excluding hydrogens is 212 g/mol. The molecule has 0 aliphatic carbocycles. The van der Waals surface area contributed by atoms with Gasteiger partial charge >= 0.3 is 0 Å². The van der Waals surface area contributed by atoms with Crippen LogP contribution in [0.3, 0.4) is 0 Å². The van der Waals surface area contributed by atoms with Crippen LogP contribution in [0.15, 0.2) is 0 Å². The number of unbranched alkanes of at least 4 members (excludes halogenated alkanes) is 2. The summed E-state index contributed by atoms with van der Waals surface area (Å²) in [5.41, 5.74) is 0. The molecule has 0 amide bonds. The molecule has 1 fully saturated rings. The van der Waals surface area contributed by atoms with Gasteiger partial charge < -0.3 is 9.47 Å². The number of ether oxygens (including phenoxy) is 2. The first-order valence-corrected chi connectivity index (χ1v) is 7.07. The molecule has 2 nitrogen and oxygen atoms in total. The van der Waals surface area contributed by atoms with Gasteiger partial charge in [-0.15, -0.1) is 12.3 Å². The van der Waals surface area contributed by atoms with Gasteiger partial charge in [-0.25, -0.2) is 0 Å². The molecule has 2 heteroatoms. The predicted octanol–water partition coefficient (Wildman–Crippen LogP) is 3.89. The van der Waals surface area contributed by atoms with Gasteiger partial charge in [-0.1, -0.05) is 26.2 Å². The molecule has 0 aromatic rings. The van der Waals surface area contributed by atoms with E-state index >= 15 is 0 Å². The van der Waals surface area contributed by atoms with Crippen molar-refractivity contribution in [2.45, 2.75) is 77.1 Å². The molecule has 1 saturated heterocycles. The quantitative estimate of drug-likeness (QED) is 0.472. The molecule has 2 atom stereocenters. The Balaban J connectivity index is 2.25. The lowest BCUT2D eigenvalue weighted by atomic mass is 10.1. The van der Waals surface area contributed by atoms with Gasteiger partial charge in [0.2, 0.25) is 0 Å². The summed E-state index contributed by atoms with van der Waals surface area (Å²) in [6.45, 7) is 3.07. The highest BCUT2D eigenvalue weighted by Crippen LogP contribution is 2.20. The van der Waals surface area contributed by atoms with E-state index in [0.717, 1.165) is 32.3 Å². The zero-order valence-corrected chi connectivity index (χ0v) is 11.1. The van der Waals surface area contributed by atoms with Crippen molar-refractivity contribution in [2.75, 3.05) is 6.61 Å². The average Bonchev–Trinajstić information content (AvgIpc) is 2.37. The van der Waals surface area contributed by atoms with Crippen molar-refractivity contribution in [1.82, 2.24) is 0 Å². The molecule has 1 aliphatic rings. The Bertz CT molecular complexity index is 213. The summed E-state index contributed by atoms with van der Waals surface area (Å²) in [5, 5.41) is 0. The van der Waals surface area contributed by atoms with Gasteiger partial charge in [-0.3, -0.25) is 0 Å². The molecule has 0 saturated carbocycles. The van der Waals surface area contributed by atoms with Crippen LogP contribution in [0.2, 0.25) is 0 Å². The summed E-state index contributed by atoms with van der Waals surface area (Å²) < 4.78 is 11.6. The summed E-state index contributed by atoms with van der Waals surface area (Å²) in [6, 6.07) is 0. The van der Waals surface area contributed by atoms with Crippen molar-refractivity contribution in [2.24, 2.45) is 0 Å². The van der Waals surface area contributed by atoms with Crippen molar-refractivity contribution < 1.29 is 9.47 Å². The summed E-state index contributed by atoms with van der Waals surface area (Å²) >= 11 is 0. The molecule has 17 heavy (non-hydrogen) atoms. The van der Waals surface area contributed by atoms with Crippen molar-refractivity contribution in [1.29, 1.82) is 0 Å². The van der Waals surface area contributed by atoms with Gasteiger partial charge in [0, 0.05) is 13.0 Å². The fourth-order valence-corrected chi connectivity index (χ4v) is 2.18. The lowest BCUT2D eigenvalue weighted by Gasteiger charge is -2.27. The highest BCUT2D eigenvalue weighted by Gasteiger charge is 2.19. The molecule has 1 aliphatic heterocycles. The van der Waals surface area contributed by atoms with Crippen LogP contribution in [0.1, 0.15) is 64.7 Å². The molecule has 98 valence electrons. The van der Waals surface area contributed by atoms with E-state index in [4.69, 9.17) is 15.9 Å². The first kappa shape index (κ1) is 14.5. The van der Waals surface area contributed by atoms with Crippen molar-refractivity contribution in [3.63, 3.8) is 0 Å². The van der Waals surface area contributed by atoms with Crippen LogP contribution in [0.25, 0.3) is 0 Å². The lowest BCUT2D eigenvalue weighted by molar-refractivity contribution is -0.190. The summed E-state index contributed by atoms with van der Waals surface area (Å²) in [6.07, 6.45) is 15.7. The summed E-state index contributed by atoms with van der Waals surface area (Å²) in [7, 11) is 0. The first-order valence-electron chi connectivity index (χ1n) is 7.07. The Morgan fingerprint density at radius 1 is 1.35 bits per heavy atom. The van der Waals surface area contributed by atoms with Crippen LogP contribution in [0.5, 0.6) is 0 Å². The third-order valence-corrected chi connectivity index (χ3v) is 3.22. The molecule has 0 unspecified atom stereocenters. The first-order chi connectivity index (χ1) is 8.36. The van der Waals surface area contributed by atoms with E-state index in [9.17, 15) is 0 Å². The standard InChI is InChI=1S/C15H26O2/c1-3-5-7-11-14(10-6-4-2)17-15-12-8-9-13-16-15/h2,14-15H,3,5-13H2,1H3/t14-,15+/m1/s1. The number of terminal acetylenes is 1. The molecule has 1 rings (SSSR count). The van der Waals surface area contributed by atoms with E-state index in [1.54, 1.807) is 0 Å².